The lowest BCUT2D eigenvalue weighted by molar-refractivity contribution is 0.0473. The predicted molar refractivity (Wildman–Crippen MR) is 73.1 cm³/mol. The van der Waals surface area contributed by atoms with Gasteiger partial charge in [-0.3, -0.25) is 0 Å². The van der Waals surface area contributed by atoms with Crippen molar-refractivity contribution in [3.05, 3.63) is 35.4 Å². The van der Waals surface area contributed by atoms with Crippen LogP contribution in [0.3, 0.4) is 0 Å². The number of benzene rings is 1. The first-order valence-corrected chi connectivity index (χ1v) is 6.61. The van der Waals surface area contributed by atoms with Crippen molar-refractivity contribution in [3.63, 3.8) is 0 Å². The number of hydrogen-bond donors (Lipinski definition) is 0. The van der Waals surface area contributed by atoms with Crippen LogP contribution < -0.4 is 0 Å². The number of esters is 1. The Labute approximate surface area is 122 Å². The summed E-state index contributed by atoms with van der Waals surface area (Å²) in [6.45, 7) is 4.04. The Balaban J connectivity index is 1.98. The molecule has 1 aliphatic carbocycles. The van der Waals surface area contributed by atoms with E-state index < -0.39 is 10.3 Å². The van der Waals surface area contributed by atoms with Crippen molar-refractivity contribution in [3.8, 4) is 6.07 Å². The molecule has 1 aliphatic rings. The lowest BCUT2D eigenvalue weighted by atomic mass is 10.1. The molecule has 1 fully saturated rings. The third-order valence-electron chi connectivity index (χ3n) is 3.69. The molecule has 1 unspecified atom stereocenters. The quantitative estimate of drug-likeness (QED) is 0.633. The van der Waals surface area contributed by atoms with E-state index in [1.165, 1.54) is 6.07 Å². The van der Waals surface area contributed by atoms with Gasteiger partial charge >= 0.3 is 5.97 Å². The molecule has 1 aromatic rings. The Kier molecular flexibility index (Phi) is 3.51. The van der Waals surface area contributed by atoms with Crippen LogP contribution in [-0.2, 0) is 4.74 Å². The van der Waals surface area contributed by atoms with Crippen molar-refractivity contribution in [1.29, 1.82) is 5.26 Å². The van der Waals surface area contributed by atoms with Gasteiger partial charge in [0.25, 0.3) is 0 Å². The van der Waals surface area contributed by atoms with Gasteiger partial charge in [0.15, 0.2) is 0 Å². The summed E-state index contributed by atoms with van der Waals surface area (Å²) in [5.41, 5.74) is 0.516. The smallest absolute Gasteiger partial charge is 0.338 e. The average molecular weight is 298 g/mol. The van der Waals surface area contributed by atoms with Crippen LogP contribution in [0, 0.1) is 22.7 Å². The van der Waals surface area contributed by atoms with Crippen molar-refractivity contribution in [2.75, 3.05) is 6.61 Å². The van der Waals surface area contributed by atoms with Gasteiger partial charge in [-0.2, -0.15) is 5.26 Å². The Morgan fingerprint density at radius 3 is 2.63 bits per heavy atom. The fraction of sp³-hybridized carbons (Fsp3) is 0.429. The predicted octanol–water partition coefficient (Wildman–Crippen LogP) is 3.54. The summed E-state index contributed by atoms with van der Waals surface area (Å²) >= 11 is 12.2. The summed E-state index contributed by atoms with van der Waals surface area (Å²) in [5, 5.41) is 8.77. The number of hydrogen-bond acceptors (Lipinski definition) is 3. The Bertz CT molecular complexity index is 547. The number of halogens is 2. The molecule has 0 N–H and O–H groups in total. The molecule has 100 valence electrons. The second-order valence-corrected chi connectivity index (χ2v) is 6.57. The molecule has 19 heavy (non-hydrogen) atoms. The number of alkyl halides is 2. The molecule has 0 bridgehead atoms. The number of nitriles is 1. The van der Waals surface area contributed by atoms with Gasteiger partial charge in [0.2, 0.25) is 0 Å². The van der Waals surface area contributed by atoms with Crippen LogP contribution in [0.2, 0.25) is 0 Å². The molecule has 0 amide bonds. The molecule has 0 aliphatic heterocycles. The van der Waals surface area contributed by atoms with Crippen LogP contribution in [0.1, 0.15) is 29.8 Å². The van der Waals surface area contributed by atoms with Crippen molar-refractivity contribution in [2.24, 2.45) is 11.3 Å². The second-order valence-electron chi connectivity index (χ2n) is 5.19. The number of carbonyl (C=O) groups is 1. The highest BCUT2D eigenvalue weighted by Crippen LogP contribution is 2.68. The van der Waals surface area contributed by atoms with Crippen LogP contribution in [0.25, 0.3) is 0 Å². The first-order chi connectivity index (χ1) is 8.80. The molecule has 0 radical (unpaired) electrons. The molecule has 0 spiro atoms. The summed E-state index contributed by atoms with van der Waals surface area (Å²) in [7, 11) is 0. The third-order valence-corrected chi connectivity index (χ3v) is 5.19. The fourth-order valence-corrected chi connectivity index (χ4v) is 2.85. The number of nitrogens with zero attached hydrogens (tertiary/aromatic N) is 1. The molecular weight excluding hydrogens is 285 g/mol. The van der Waals surface area contributed by atoms with Crippen LogP contribution >= 0.6 is 23.2 Å². The largest absolute Gasteiger partial charge is 0.462 e. The van der Waals surface area contributed by atoms with E-state index >= 15 is 0 Å². The Hall–Kier alpha value is -1.24. The summed E-state index contributed by atoms with van der Waals surface area (Å²) < 4.78 is 4.36. The van der Waals surface area contributed by atoms with E-state index in [4.69, 9.17) is 33.2 Å². The molecule has 0 aromatic heterocycles. The van der Waals surface area contributed by atoms with E-state index in [2.05, 4.69) is 0 Å². The first-order valence-electron chi connectivity index (χ1n) is 5.86. The third kappa shape index (κ3) is 2.43. The Morgan fingerprint density at radius 1 is 1.47 bits per heavy atom. The lowest BCUT2D eigenvalue weighted by Gasteiger charge is -2.05. The average Bonchev–Trinajstić information content (AvgIpc) is 2.77. The standard InChI is InChI=1S/C14H13Cl2NO2/c1-13(2)11(14(13,15)16)8-19-12(18)10-5-3-4-9(6-10)7-17/h3-6,11H,8H2,1-2H3. The molecule has 2 rings (SSSR count). The van der Waals surface area contributed by atoms with Gasteiger partial charge in [-0.05, 0) is 18.2 Å². The van der Waals surface area contributed by atoms with Gasteiger partial charge in [-0.25, -0.2) is 4.79 Å². The van der Waals surface area contributed by atoms with Crippen molar-refractivity contribution in [2.45, 2.75) is 18.2 Å². The van der Waals surface area contributed by atoms with Gasteiger partial charge in [-0.15, -0.1) is 23.2 Å². The molecule has 1 saturated carbocycles. The zero-order valence-corrected chi connectivity index (χ0v) is 12.1. The zero-order chi connectivity index (χ0) is 14.3. The van der Waals surface area contributed by atoms with Gasteiger partial charge < -0.3 is 4.74 Å². The minimum atomic E-state index is -0.845. The lowest BCUT2D eigenvalue weighted by Crippen LogP contribution is -2.10. The normalized spacial score (nSPS) is 22.4. The van der Waals surface area contributed by atoms with Crippen LogP contribution in [-0.4, -0.2) is 16.9 Å². The van der Waals surface area contributed by atoms with Crippen LogP contribution in [0.15, 0.2) is 24.3 Å². The molecular formula is C14H13Cl2NO2. The number of carbonyl (C=O) groups excluding carboxylic acids is 1. The molecule has 0 saturated heterocycles. The molecule has 5 heteroatoms. The van der Waals surface area contributed by atoms with Gasteiger partial charge in [0.1, 0.15) is 4.33 Å². The van der Waals surface area contributed by atoms with Gasteiger partial charge in [-0.1, -0.05) is 19.9 Å². The van der Waals surface area contributed by atoms with E-state index in [1.54, 1.807) is 18.2 Å². The van der Waals surface area contributed by atoms with Crippen LogP contribution in [0.4, 0.5) is 0 Å². The highest BCUT2D eigenvalue weighted by molar-refractivity contribution is 6.51. The fourth-order valence-electron chi connectivity index (χ4n) is 2.03. The maximum Gasteiger partial charge on any atom is 0.338 e. The van der Waals surface area contributed by atoms with E-state index in [0.717, 1.165) is 0 Å². The molecule has 0 heterocycles. The van der Waals surface area contributed by atoms with Crippen LogP contribution in [0.5, 0.6) is 0 Å². The summed E-state index contributed by atoms with van der Waals surface area (Å²) in [6, 6.07) is 8.35. The topological polar surface area (TPSA) is 50.1 Å². The van der Waals surface area contributed by atoms with Gasteiger partial charge in [0.05, 0.1) is 23.8 Å². The minimum Gasteiger partial charge on any atom is -0.462 e. The Morgan fingerprint density at radius 2 is 2.11 bits per heavy atom. The number of rotatable bonds is 3. The first kappa shape index (κ1) is 14.2. The summed E-state index contributed by atoms with van der Waals surface area (Å²) in [6.07, 6.45) is 0. The maximum atomic E-state index is 11.8. The van der Waals surface area contributed by atoms with E-state index in [1.807, 2.05) is 19.9 Å². The molecule has 3 nitrogen and oxygen atoms in total. The summed E-state index contributed by atoms with van der Waals surface area (Å²) in [4.78, 5) is 11.8. The van der Waals surface area contributed by atoms with Crippen molar-refractivity contribution < 1.29 is 9.53 Å². The SMILES string of the molecule is CC1(C)C(COC(=O)c2cccc(C#N)c2)C1(Cl)Cl. The van der Waals surface area contributed by atoms with Crippen molar-refractivity contribution >= 4 is 29.2 Å². The second kappa shape index (κ2) is 4.70. The monoisotopic (exact) mass is 297 g/mol. The maximum absolute atomic E-state index is 11.8. The summed E-state index contributed by atoms with van der Waals surface area (Å²) in [5.74, 6) is -0.546. The highest BCUT2D eigenvalue weighted by atomic mass is 35.5. The van der Waals surface area contributed by atoms with E-state index in [-0.39, 0.29) is 17.9 Å². The molecule has 1 aromatic carbocycles. The van der Waals surface area contributed by atoms with E-state index in [9.17, 15) is 4.79 Å². The molecule has 1 atom stereocenters. The van der Waals surface area contributed by atoms with Crippen molar-refractivity contribution in [1.82, 2.24) is 0 Å². The number of ether oxygens (including phenoxy) is 1. The highest BCUT2D eigenvalue weighted by Gasteiger charge is 2.70. The minimum absolute atomic E-state index is 0.0774. The zero-order valence-electron chi connectivity index (χ0n) is 10.6. The van der Waals surface area contributed by atoms with Gasteiger partial charge in [0, 0.05) is 11.3 Å². The van der Waals surface area contributed by atoms with E-state index in [0.29, 0.717) is 11.1 Å².